The highest BCUT2D eigenvalue weighted by molar-refractivity contribution is 7.80. The van der Waals surface area contributed by atoms with Crippen molar-refractivity contribution in [1.82, 2.24) is 4.90 Å². The second kappa shape index (κ2) is 11.3. The molecule has 0 unspecified atom stereocenters. The molecule has 0 radical (unpaired) electrons. The molecule has 2 aromatic rings. The van der Waals surface area contributed by atoms with Crippen molar-refractivity contribution in [2.45, 2.75) is 39.7 Å². The zero-order valence-electron chi connectivity index (χ0n) is 18.2. The molecule has 1 aromatic carbocycles. The van der Waals surface area contributed by atoms with Gasteiger partial charge in [-0.3, -0.25) is 0 Å². The van der Waals surface area contributed by atoms with E-state index in [1.165, 1.54) is 37.4 Å². The number of hydrogen-bond acceptors (Lipinski definition) is 3. The summed E-state index contributed by atoms with van der Waals surface area (Å²) in [7, 11) is 1.65. The van der Waals surface area contributed by atoms with Gasteiger partial charge in [0.05, 0.1) is 39.0 Å². The van der Waals surface area contributed by atoms with Crippen molar-refractivity contribution in [3.05, 3.63) is 45.1 Å². The van der Waals surface area contributed by atoms with Crippen molar-refractivity contribution in [3.8, 4) is 5.75 Å². The fourth-order valence-electron chi connectivity index (χ4n) is 3.91. The fourth-order valence-corrected chi connectivity index (χ4v) is 5.05. The largest absolute Gasteiger partial charge is 0.495 e. The Kier molecular flexibility index (Phi) is 8.81. The average Bonchev–Trinajstić information content (AvgIpc) is 3.24. The lowest BCUT2D eigenvalue weighted by Gasteiger charge is -2.29. The van der Waals surface area contributed by atoms with Crippen LogP contribution in [0.25, 0.3) is 0 Å². The minimum absolute atomic E-state index is 0.692. The second-order valence-corrected chi connectivity index (χ2v) is 10.1. The van der Waals surface area contributed by atoms with Gasteiger partial charge in [-0.15, -0.1) is 11.3 Å². The van der Waals surface area contributed by atoms with Gasteiger partial charge < -0.3 is 19.9 Å². The molecule has 0 saturated carbocycles. The predicted octanol–water partition coefficient (Wildman–Crippen LogP) is 4.62. The summed E-state index contributed by atoms with van der Waals surface area (Å²) < 4.78 is 5.51. The number of piperidine rings is 1. The quantitative estimate of drug-likeness (QED) is 0.555. The van der Waals surface area contributed by atoms with Crippen LogP contribution in [0, 0.1) is 12.8 Å². The van der Waals surface area contributed by atoms with E-state index in [0.29, 0.717) is 10.8 Å². The molecule has 4 nitrogen and oxygen atoms in total. The van der Waals surface area contributed by atoms with Crippen LogP contribution in [0.4, 0.5) is 5.69 Å². The Morgan fingerprint density at radius 2 is 2.13 bits per heavy atom. The van der Waals surface area contributed by atoms with Gasteiger partial charge in [0.15, 0.2) is 5.11 Å². The van der Waals surface area contributed by atoms with Crippen LogP contribution in [0.1, 0.15) is 36.6 Å². The highest BCUT2D eigenvalue weighted by Gasteiger charge is 2.20. The number of methoxy groups -OCH3 is 1. The molecule has 1 aromatic heterocycles. The lowest BCUT2D eigenvalue weighted by atomic mass is 9.99. The van der Waals surface area contributed by atoms with E-state index in [9.17, 15) is 0 Å². The SMILES string of the molecule is COc1cc(Cl)c(C)cc1NC(=S)N(CCC[NH+]1CCC(C)CC1)Cc1cccs1. The molecule has 30 heavy (non-hydrogen) atoms. The summed E-state index contributed by atoms with van der Waals surface area (Å²) in [4.78, 5) is 5.33. The van der Waals surface area contributed by atoms with Gasteiger partial charge >= 0.3 is 0 Å². The summed E-state index contributed by atoms with van der Waals surface area (Å²) in [6, 6.07) is 8.10. The van der Waals surface area contributed by atoms with Crippen LogP contribution >= 0.6 is 35.2 Å². The standard InChI is InChI=1S/C23H32ClN3OS2/c1-17-7-11-26(12-8-17)9-5-10-27(16-19-6-4-13-30-19)23(29)25-21-14-18(2)20(24)15-22(21)28-3/h4,6,13-15,17H,5,7-12,16H2,1-3H3,(H,25,29)/p+1. The highest BCUT2D eigenvalue weighted by Crippen LogP contribution is 2.31. The van der Waals surface area contributed by atoms with E-state index in [1.807, 2.05) is 19.1 Å². The van der Waals surface area contributed by atoms with Gasteiger partial charge in [0.25, 0.3) is 0 Å². The van der Waals surface area contributed by atoms with Crippen molar-refractivity contribution in [3.63, 3.8) is 0 Å². The van der Waals surface area contributed by atoms with E-state index in [4.69, 9.17) is 28.6 Å². The minimum Gasteiger partial charge on any atom is -0.495 e. The zero-order valence-corrected chi connectivity index (χ0v) is 20.6. The maximum atomic E-state index is 6.26. The number of rotatable bonds is 8. The number of anilines is 1. The highest BCUT2D eigenvalue weighted by atomic mass is 35.5. The fraction of sp³-hybridized carbons (Fsp3) is 0.522. The number of ether oxygens (including phenoxy) is 1. The molecule has 2 heterocycles. The van der Waals surface area contributed by atoms with Gasteiger partial charge in [-0.25, -0.2) is 0 Å². The van der Waals surface area contributed by atoms with Crippen molar-refractivity contribution in [2.24, 2.45) is 5.92 Å². The molecule has 3 rings (SSSR count). The normalized spacial score (nSPS) is 18.8. The van der Waals surface area contributed by atoms with Crippen LogP contribution in [-0.4, -0.2) is 43.3 Å². The molecule has 0 bridgehead atoms. The van der Waals surface area contributed by atoms with Crippen LogP contribution in [0.5, 0.6) is 5.75 Å². The van der Waals surface area contributed by atoms with Crippen LogP contribution in [0.3, 0.4) is 0 Å². The Morgan fingerprint density at radius 3 is 2.80 bits per heavy atom. The monoisotopic (exact) mass is 466 g/mol. The first-order valence-electron chi connectivity index (χ1n) is 10.7. The molecule has 0 aliphatic carbocycles. The number of benzene rings is 1. The third-order valence-electron chi connectivity index (χ3n) is 5.88. The number of likely N-dealkylation sites (tertiary alicyclic amines) is 1. The average molecular weight is 467 g/mol. The number of halogens is 1. The molecule has 1 aliphatic heterocycles. The van der Waals surface area contributed by atoms with Gasteiger partial charge in [0.1, 0.15) is 5.75 Å². The Bertz CT molecular complexity index is 820. The predicted molar refractivity (Wildman–Crippen MR) is 132 cm³/mol. The zero-order chi connectivity index (χ0) is 21.5. The topological polar surface area (TPSA) is 28.9 Å². The molecule has 7 heteroatoms. The smallest absolute Gasteiger partial charge is 0.173 e. The Labute approximate surface area is 195 Å². The molecule has 1 aliphatic rings. The Morgan fingerprint density at radius 1 is 1.37 bits per heavy atom. The van der Waals surface area contributed by atoms with Crippen LogP contribution in [0.15, 0.2) is 29.6 Å². The van der Waals surface area contributed by atoms with E-state index in [0.717, 1.165) is 41.8 Å². The molecule has 0 atom stereocenters. The number of quaternary nitrogens is 1. The van der Waals surface area contributed by atoms with Crippen molar-refractivity contribution in [2.75, 3.05) is 38.6 Å². The number of nitrogens with one attached hydrogen (secondary N) is 2. The third kappa shape index (κ3) is 6.58. The molecular weight excluding hydrogens is 434 g/mol. The molecule has 1 fully saturated rings. The molecule has 164 valence electrons. The maximum Gasteiger partial charge on any atom is 0.173 e. The third-order valence-corrected chi connectivity index (χ3v) is 7.50. The number of thiocarbonyl (C=S) groups is 1. The first kappa shape index (κ1) is 23.3. The van der Waals surface area contributed by atoms with Gasteiger partial charge in [-0.1, -0.05) is 24.6 Å². The van der Waals surface area contributed by atoms with Gasteiger partial charge in [0.2, 0.25) is 0 Å². The number of thiophene rings is 1. The van der Waals surface area contributed by atoms with Crippen LogP contribution < -0.4 is 15.0 Å². The summed E-state index contributed by atoms with van der Waals surface area (Å²) in [6.45, 7) is 9.94. The lowest BCUT2D eigenvalue weighted by Crippen LogP contribution is -3.13. The Hall–Kier alpha value is -1.34. The van der Waals surface area contributed by atoms with Gasteiger partial charge in [0, 0.05) is 28.9 Å². The first-order valence-corrected chi connectivity index (χ1v) is 12.4. The Balaban J connectivity index is 1.64. The summed E-state index contributed by atoms with van der Waals surface area (Å²) in [5.41, 5.74) is 1.85. The summed E-state index contributed by atoms with van der Waals surface area (Å²) in [6.07, 6.45) is 3.83. The molecule has 2 N–H and O–H groups in total. The van der Waals surface area contributed by atoms with Gasteiger partial charge in [-0.05, 0) is 61.0 Å². The van der Waals surface area contributed by atoms with E-state index in [-0.39, 0.29) is 0 Å². The van der Waals surface area contributed by atoms with Gasteiger partial charge in [-0.2, -0.15) is 0 Å². The summed E-state index contributed by atoms with van der Waals surface area (Å²) in [5, 5.41) is 6.95. The molecule has 1 saturated heterocycles. The molecule has 0 spiro atoms. The second-order valence-electron chi connectivity index (χ2n) is 8.27. The van der Waals surface area contributed by atoms with Crippen molar-refractivity contribution in [1.29, 1.82) is 0 Å². The van der Waals surface area contributed by atoms with E-state index >= 15 is 0 Å². The van der Waals surface area contributed by atoms with Crippen molar-refractivity contribution < 1.29 is 9.64 Å². The van der Waals surface area contributed by atoms with E-state index in [1.54, 1.807) is 23.3 Å². The van der Waals surface area contributed by atoms with E-state index < -0.39 is 0 Å². The van der Waals surface area contributed by atoms with E-state index in [2.05, 4.69) is 34.7 Å². The first-order chi connectivity index (χ1) is 14.5. The molecule has 0 amide bonds. The minimum atomic E-state index is 0.692. The summed E-state index contributed by atoms with van der Waals surface area (Å²) in [5.74, 6) is 1.59. The van der Waals surface area contributed by atoms with Crippen molar-refractivity contribution >= 4 is 46.0 Å². The molecular formula is C23H33ClN3OS2+. The number of aryl methyl sites for hydroxylation is 1. The van der Waals surface area contributed by atoms with Crippen LogP contribution in [-0.2, 0) is 6.54 Å². The number of hydrogen-bond donors (Lipinski definition) is 2. The number of nitrogens with zero attached hydrogens (tertiary/aromatic N) is 1. The summed E-state index contributed by atoms with van der Waals surface area (Å²) >= 11 is 13.9. The maximum absolute atomic E-state index is 6.26. The lowest BCUT2D eigenvalue weighted by molar-refractivity contribution is -0.906. The van der Waals surface area contributed by atoms with Crippen LogP contribution in [0.2, 0.25) is 5.02 Å².